The van der Waals surface area contributed by atoms with Gasteiger partial charge in [-0.25, -0.2) is 0 Å². The zero-order valence-electron chi connectivity index (χ0n) is 10.0. The summed E-state index contributed by atoms with van der Waals surface area (Å²) in [6.07, 6.45) is 1.10. The highest BCUT2D eigenvalue weighted by molar-refractivity contribution is 5.63. The van der Waals surface area contributed by atoms with Gasteiger partial charge in [-0.3, -0.25) is 0 Å². The molecule has 2 nitrogen and oxygen atoms in total. The second kappa shape index (κ2) is 4.52. The Kier molecular flexibility index (Phi) is 3.09. The molecule has 0 fully saturated rings. The van der Waals surface area contributed by atoms with Gasteiger partial charge in [-0.2, -0.15) is 0 Å². The Morgan fingerprint density at radius 2 is 1.94 bits per heavy atom. The molecule has 2 heteroatoms. The quantitative estimate of drug-likeness (QED) is 0.768. The molecule has 1 unspecified atom stereocenters. The first-order valence-electron chi connectivity index (χ1n) is 5.75. The first-order valence-corrected chi connectivity index (χ1v) is 5.75. The number of hydrogen-bond donors (Lipinski definition) is 0. The van der Waals surface area contributed by atoms with Crippen LogP contribution in [0.4, 0.5) is 0 Å². The largest absolute Gasteiger partial charge is 0.361 e. The average Bonchev–Trinajstić information content (AvgIpc) is 2.71. The normalized spacial score (nSPS) is 12.7. The van der Waals surface area contributed by atoms with Crippen LogP contribution in [0.25, 0.3) is 11.3 Å². The van der Waals surface area contributed by atoms with Crippen LogP contribution in [0.5, 0.6) is 0 Å². The summed E-state index contributed by atoms with van der Waals surface area (Å²) in [4.78, 5) is 0. The molecule has 84 valence electrons. The van der Waals surface area contributed by atoms with Gasteiger partial charge in [-0.1, -0.05) is 49.3 Å². The highest BCUT2D eigenvalue weighted by Crippen LogP contribution is 2.32. The molecule has 0 aliphatic carbocycles. The van der Waals surface area contributed by atoms with Crippen molar-refractivity contribution in [3.05, 3.63) is 41.7 Å². The monoisotopic (exact) mass is 215 g/mol. The van der Waals surface area contributed by atoms with E-state index in [-0.39, 0.29) is 0 Å². The molecular weight excluding hydrogens is 198 g/mol. The molecule has 0 N–H and O–H groups in total. The molecule has 1 aromatic heterocycles. The summed E-state index contributed by atoms with van der Waals surface area (Å²) in [5.41, 5.74) is 3.37. The maximum atomic E-state index is 5.32. The van der Waals surface area contributed by atoms with Crippen LogP contribution in [0.3, 0.4) is 0 Å². The molecule has 0 amide bonds. The Bertz CT molecular complexity index is 459. The summed E-state index contributed by atoms with van der Waals surface area (Å²) >= 11 is 0. The third-order valence-electron chi connectivity index (χ3n) is 3.06. The van der Waals surface area contributed by atoms with E-state index in [1.807, 2.05) is 25.1 Å². The Labute approximate surface area is 96.3 Å². The van der Waals surface area contributed by atoms with Crippen molar-refractivity contribution in [2.75, 3.05) is 0 Å². The van der Waals surface area contributed by atoms with Gasteiger partial charge in [-0.05, 0) is 19.3 Å². The Hall–Kier alpha value is -1.57. The maximum Gasteiger partial charge on any atom is 0.137 e. The van der Waals surface area contributed by atoms with Gasteiger partial charge in [0, 0.05) is 11.1 Å². The minimum Gasteiger partial charge on any atom is -0.361 e. The highest BCUT2D eigenvalue weighted by atomic mass is 16.5. The lowest BCUT2D eigenvalue weighted by molar-refractivity contribution is 0.397. The van der Waals surface area contributed by atoms with E-state index in [1.165, 1.54) is 5.56 Å². The summed E-state index contributed by atoms with van der Waals surface area (Å²) in [5, 5.41) is 4.18. The second-order valence-electron chi connectivity index (χ2n) is 4.18. The van der Waals surface area contributed by atoms with Crippen LogP contribution < -0.4 is 0 Å². The van der Waals surface area contributed by atoms with Crippen molar-refractivity contribution in [3.8, 4) is 11.3 Å². The molecule has 1 atom stereocenters. The van der Waals surface area contributed by atoms with Crippen molar-refractivity contribution in [2.45, 2.75) is 33.1 Å². The second-order valence-corrected chi connectivity index (χ2v) is 4.18. The molecule has 0 radical (unpaired) electrons. The minimum atomic E-state index is 0.487. The number of aromatic nitrogens is 1. The molecule has 0 spiro atoms. The summed E-state index contributed by atoms with van der Waals surface area (Å²) in [5.74, 6) is 1.43. The van der Waals surface area contributed by atoms with E-state index in [0.717, 1.165) is 23.4 Å². The fourth-order valence-electron chi connectivity index (χ4n) is 1.97. The topological polar surface area (TPSA) is 26.0 Å². The Morgan fingerprint density at radius 3 is 2.56 bits per heavy atom. The summed E-state index contributed by atoms with van der Waals surface area (Å²) in [6.45, 7) is 6.39. The van der Waals surface area contributed by atoms with Crippen LogP contribution in [0.15, 0.2) is 34.9 Å². The number of aryl methyl sites for hydroxylation is 1. The van der Waals surface area contributed by atoms with Crippen LogP contribution in [0.2, 0.25) is 0 Å². The van der Waals surface area contributed by atoms with Gasteiger partial charge in [0.1, 0.15) is 11.5 Å². The summed E-state index contributed by atoms with van der Waals surface area (Å²) in [7, 11) is 0. The van der Waals surface area contributed by atoms with Crippen molar-refractivity contribution in [2.24, 2.45) is 0 Å². The van der Waals surface area contributed by atoms with E-state index in [9.17, 15) is 0 Å². The first-order chi connectivity index (χ1) is 7.74. The Balaban J connectivity index is 2.50. The SMILES string of the molecule is CCC(C)c1c(-c2ccccc2)noc1C. The van der Waals surface area contributed by atoms with Crippen LogP contribution in [0, 0.1) is 6.92 Å². The zero-order chi connectivity index (χ0) is 11.5. The minimum absolute atomic E-state index is 0.487. The van der Waals surface area contributed by atoms with Crippen LogP contribution in [0.1, 0.15) is 37.5 Å². The van der Waals surface area contributed by atoms with Crippen LogP contribution in [-0.4, -0.2) is 5.16 Å². The number of hydrogen-bond acceptors (Lipinski definition) is 2. The fourth-order valence-corrected chi connectivity index (χ4v) is 1.97. The number of benzene rings is 1. The maximum absolute atomic E-state index is 5.32. The number of nitrogens with zero attached hydrogens (tertiary/aromatic N) is 1. The molecule has 2 aromatic rings. The third kappa shape index (κ3) is 1.87. The van der Waals surface area contributed by atoms with E-state index in [0.29, 0.717) is 5.92 Å². The third-order valence-corrected chi connectivity index (χ3v) is 3.06. The van der Waals surface area contributed by atoms with Crippen molar-refractivity contribution in [1.82, 2.24) is 5.16 Å². The molecule has 16 heavy (non-hydrogen) atoms. The van der Waals surface area contributed by atoms with Gasteiger partial charge in [0.2, 0.25) is 0 Å². The lowest BCUT2D eigenvalue weighted by Gasteiger charge is -2.08. The van der Waals surface area contributed by atoms with Crippen molar-refractivity contribution in [3.63, 3.8) is 0 Å². The molecule has 0 bridgehead atoms. The van der Waals surface area contributed by atoms with E-state index < -0.39 is 0 Å². The molecule has 0 saturated carbocycles. The molecule has 1 heterocycles. The van der Waals surface area contributed by atoms with E-state index >= 15 is 0 Å². The van der Waals surface area contributed by atoms with Gasteiger partial charge in [-0.15, -0.1) is 0 Å². The Morgan fingerprint density at radius 1 is 1.25 bits per heavy atom. The lowest BCUT2D eigenvalue weighted by Crippen LogP contribution is -1.94. The highest BCUT2D eigenvalue weighted by Gasteiger charge is 2.18. The molecule has 1 aromatic carbocycles. The van der Waals surface area contributed by atoms with Crippen molar-refractivity contribution < 1.29 is 4.52 Å². The predicted molar refractivity (Wildman–Crippen MR) is 65.4 cm³/mol. The summed E-state index contributed by atoms with van der Waals surface area (Å²) in [6, 6.07) is 10.2. The van der Waals surface area contributed by atoms with Gasteiger partial charge in [0.15, 0.2) is 0 Å². The van der Waals surface area contributed by atoms with Crippen molar-refractivity contribution >= 4 is 0 Å². The molecule has 0 saturated heterocycles. The molecule has 2 rings (SSSR count). The van der Waals surface area contributed by atoms with Gasteiger partial charge < -0.3 is 4.52 Å². The van der Waals surface area contributed by atoms with Crippen LogP contribution >= 0.6 is 0 Å². The average molecular weight is 215 g/mol. The molecule has 0 aliphatic heterocycles. The lowest BCUT2D eigenvalue weighted by atomic mass is 9.94. The van der Waals surface area contributed by atoms with E-state index in [2.05, 4.69) is 31.1 Å². The van der Waals surface area contributed by atoms with Gasteiger partial charge in [0.25, 0.3) is 0 Å². The van der Waals surface area contributed by atoms with E-state index in [1.54, 1.807) is 0 Å². The van der Waals surface area contributed by atoms with Crippen LogP contribution in [-0.2, 0) is 0 Å². The van der Waals surface area contributed by atoms with Crippen molar-refractivity contribution in [1.29, 1.82) is 0 Å². The van der Waals surface area contributed by atoms with Gasteiger partial charge in [0.05, 0.1) is 0 Å². The summed E-state index contributed by atoms with van der Waals surface area (Å²) < 4.78 is 5.32. The van der Waals surface area contributed by atoms with Gasteiger partial charge >= 0.3 is 0 Å². The first kappa shape index (κ1) is 10.9. The molecular formula is C14H17NO. The molecule has 0 aliphatic rings. The standard InChI is InChI=1S/C14H17NO/c1-4-10(2)13-11(3)16-15-14(13)12-8-6-5-7-9-12/h5-10H,4H2,1-3H3. The van der Waals surface area contributed by atoms with E-state index in [4.69, 9.17) is 4.52 Å². The smallest absolute Gasteiger partial charge is 0.137 e. The number of rotatable bonds is 3. The zero-order valence-corrected chi connectivity index (χ0v) is 10.0. The predicted octanol–water partition coefficient (Wildman–Crippen LogP) is 4.16. The fraction of sp³-hybridized carbons (Fsp3) is 0.357.